The largest absolute Gasteiger partial charge is 0.387 e. The first kappa shape index (κ1) is 11.0. The van der Waals surface area contributed by atoms with Gasteiger partial charge in [0.2, 0.25) is 0 Å². The molecule has 0 radical (unpaired) electrons. The predicted octanol–water partition coefficient (Wildman–Crippen LogP) is 0.772. The smallest absolute Gasteiger partial charge is 0.0983 e. The zero-order chi connectivity index (χ0) is 9.90. The highest BCUT2D eigenvalue weighted by Gasteiger charge is 2.35. The molecular weight excluding hydrogens is 166 g/mol. The minimum absolute atomic E-state index is 0.0522. The molecule has 1 heterocycles. The summed E-state index contributed by atoms with van der Waals surface area (Å²) >= 11 is 0. The van der Waals surface area contributed by atoms with Crippen molar-refractivity contribution in [1.29, 1.82) is 0 Å². The first-order valence-corrected chi connectivity index (χ1v) is 5.07. The molecule has 3 heteroatoms. The van der Waals surface area contributed by atoms with E-state index < -0.39 is 5.60 Å². The normalized spacial score (nSPS) is 35.3. The summed E-state index contributed by atoms with van der Waals surface area (Å²) in [7, 11) is 0. The average molecular weight is 187 g/mol. The van der Waals surface area contributed by atoms with Gasteiger partial charge in [0.25, 0.3) is 0 Å². The molecule has 2 atom stereocenters. The van der Waals surface area contributed by atoms with E-state index in [4.69, 9.17) is 4.74 Å². The number of piperidine rings is 1. The molecule has 2 unspecified atom stereocenters. The summed E-state index contributed by atoms with van der Waals surface area (Å²) in [6.45, 7) is 8.46. The lowest BCUT2D eigenvalue weighted by molar-refractivity contribution is -0.117. The van der Waals surface area contributed by atoms with Crippen LogP contribution >= 0.6 is 0 Å². The van der Waals surface area contributed by atoms with Gasteiger partial charge in [-0.1, -0.05) is 13.8 Å². The van der Waals surface area contributed by atoms with E-state index in [2.05, 4.69) is 19.2 Å². The molecule has 2 N–H and O–H groups in total. The van der Waals surface area contributed by atoms with Crippen LogP contribution in [0.2, 0.25) is 0 Å². The fraction of sp³-hybridized carbons (Fsp3) is 1.00. The lowest BCUT2D eigenvalue weighted by Crippen LogP contribution is -2.53. The van der Waals surface area contributed by atoms with E-state index >= 15 is 0 Å². The molecule has 1 saturated heterocycles. The van der Waals surface area contributed by atoms with E-state index in [-0.39, 0.29) is 6.10 Å². The molecule has 1 aliphatic heterocycles. The van der Waals surface area contributed by atoms with Crippen molar-refractivity contribution in [2.24, 2.45) is 5.92 Å². The van der Waals surface area contributed by atoms with Crippen molar-refractivity contribution in [1.82, 2.24) is 5.32 Å². The molecule has 0 aromatic rings. The molecule has 78 valence electrons. The molecule has 3 nitrogen and oxygen atoms in total. The summed E-state index contributed by atoms with van der Waals surface area (Å²) in [4.78, 5) is 0. The molecule has 0 bridgehead atoms. The lowest BCUT2D eigenvalue weighted by Gasteiger charge is -2.37. The maximum Gasteiger partial charge on any atom is 0.0983 e. The number of rotatable bonds is 3. The Morgan fingerprint density at radius 3 is 2.85 bits per heavy atom. The molecule has 0 aromatic heterocycles. The third kappa shape index (κ3) is 3.25. The summed E-state index contributed by atoms with van der Waals surface area (Å²) < 4.78 is 5.65. The summed E-state index contributed by atoms with van der Waals surface area (Å²) in [6, 6.07) is 0. The fourth-order valence-electron chi connectivity index (χ4n) is 1.50. The van der Waals surface area contributed by atoms with Crippen molar-refractivity contribution < 1.29 is 9.84 Å². The Hall–Kier alpha value is -0.120. The van der Waals surface area contributed by atoms with E-state index in [1.54, 1.807) is 0 Å². The van der Waals surface area contributed by atoms with Gasteiger partial charge in [-0.3, -0.25) is 0 Å². The van der Waals surface area contributed by atoms with E-state index in [1.165, 1.54) is 0 Å². The number of nitrogens with one attached hydrogen (secondary N) is 1. The quantitative estimate of drug-likeness (QED) is 0.686. The van der Waals surface area contributed by atoms with E-state index in [0.29, 0.717) is 5.92 Å². The zero-order valence-corrected chi connectivity index (χ0v) is 8.84. The highest BCUT2D eigenvalue weighted by Crippen LogP contribution is 2.20. The number of ether oxygens (including phenoxy) is 1. The van der Waals surface area contributed by atoms with Gasteiger partial charge in [-0.2, -0.15) is 0 Å². The molecule has 0 amide bonds. The molecule has 0 spiro atoms. The van der Waals surface area contributed by atoms with Crippen molar-refractivity contribution in [3.8, 4) is 0 Å². The second-order valence-electron chi connectivity index (χ2n) is 4.53. The number of aliphatic hydroxyl groups is 1. The van der Waals surface area contributed by atoms with Crippen molar-refractivity contribution >= 4 is 0 Å². The zero-order valence-electron chi connectivity index (χ0n) is 8.84. The second-order valence-corrected chi connectivity index (χ2v) is 4.53. The van der Waals surface area contributed by atoms with Gasteiger partial charge in [-0.15, -0.1) is 0 Å². The maximum absolute atomic E-state index is 9.98. The minimum atomic E-state index is -0.653. The molecule has 0 aromatic carbocycles. The van der Waals surface area contributed by atoms with Gasteiger partial charge in [-0.05, 0) is 25.8 Å². The number of hydrogen-bond acceptors (Lipinski definition) is 3. The molecule has 13 heavy (non-hydrogen) atoms. The predicted molar refractivity (Wildman–Crippen MR) is 52.7 cm³/mol. The fourth-order valence-corrected chi connectivity index (χ4v) is 1.50. The Labute approximate surface area is 80.5 Å². The van der Waals surface area contributed by atoms with Crippen LogP contribution in [0.4, 0.5) is 0 Å². The van der Waals surface area contributed by atoms with Gasteiger partial charge in [-0.25, -0.2) is 0 Å². The van der Waals surface area contributed by atoms with Crippen LogP contribution in [0.15, 0.2) is 0 Å². The Morgan fingerprint density at radius 1 is 1.62 bits per heavy atom. The molecule has 0 aliphatic carbocycles. The van der Waals surface area contributed by atoms with E-state index in [1.807, 2.05) is 6.92 Å². The van der Waals surface area contributed by atoms with Gasteiger partial charge in [0.15, 0.2) is 0 Å². The molecule has 0 saturated carbocycles. The Bertz CT molecular complexity index is 157. The van der Waals surface area contributed by atoms with Crippen LogP contribution < -0.4 is 5.32 Å². The second kappa shape index (κ2) is 4.40. The summed E-state index contributed by atoms with van der Waals surface area (Å²) in [5.74, 6) is 0.526. The molecular formula is C10H21NO2. The monoisotopic (exact) mass is 187 g/mol. The minimum Gasteiger partial charge on any atom is -0.387 e. The highest BCUT2D eigenvalue weighted by atomic mass is 16.5. The highest BCUT2D eigenvalue weighted by molar-refractivity contribution is 4.89. The van der Waals surface area contributed by atoms with Crippen molar-refractivity contribution in [2.75, 3.05) is 19.7 Å². The topological polar surface area (TPSA) is 41.5 Å². The third-order valence-corrected chi connectivity index (χ3v) is 2.46. The first-order chi connectivity index (χ1) is 6.02. The summed E-state index contributed by atoms with van der Waals surface area (Å²) in [5, 5.41) is 13.2. The van der Waals surface area contributed by atoms with Crippen LogP contribution in [0.1, 0.15) is 27.2 Å². The first-order valence-electron chi connectivity index (χ1n) is 5.07. The van der Waals surface area contributed by atoms with Gasteiger partial charge < -0.3 is 15.2 Å². The Kier molecular flexibility index (Phi) is 3.71. The van der Waals surface area contributed by atoms with Gasteiger partial charge in [0.1, 0.15) is 0 Å². The standard InChI is InChI=1S/C10H21NO2/c1-8(2)7-13-9-6-11-5-4-10(9,3)12/h8-9,11-12H,4-7H2,1-3H3. The van der Waals surface area contributed by atoms with Crippen LogP contribution in [0, 0.1) is 5.92 Å². The molecule has 1 rings (SSSR count). The van der Waals surface area contributed by atoms with Crippen molar-refractivity contribution in [2.45, 2.75) is 38.9 Å². The van der Waals surface area contributed by atoms with Crippen molar-refractivity contribution in [3.63, 3.8) is 0 Å². The third-order valence-electron chi connectivity index (χ3n) is 2.46. The van der Waals surface area contributed by atoms with Gasteiger partial charge in [0, 0.05) is 13.2 Å². The maximum atomic E-state index is 9.98. The van der Waals surface area contributed by atoms with Crippen LogP contribution in [-0.2, 0) is 4.74 Å². The van der Waals surface area contributed by atoms with Gasteiger partial charge in [0.05, 0.1) is 11.7 Å². The Morgan fingerprint density at radius 2 is 2.31 bits per heavy atom. The Balaban J connectivity index is 2.37. The summed E-state index contributed by atoms with van der Waals surface area (Å²) in [6.07, 6.45) is 0.721. The SMILES string of the molecule is CC(C)COC1CNCCC1(C)O. The average Bonchev–Trinajstić information content (AvgIpc) is 2.01. The lowest BCUT2D eigenvalue weighted by atomic mass is 9.92. The van der Waals surface area contributed by atoms with Crippen LogP contribution in [0.5, 0.6) is 0 Å². The molecule has 1 aliphatic rings. The van der Waals surface area contributed by atoms with Gasteiger partial charge >= 0.3 is 0 Å². The summed E-state index contributed by atoms with van der Waals surface area (Å²) in [5.41, 5.74) is -0.653. The van der Waals surface area contributed by atoms with Crippen LogP contribution in [-0.4, -0.2) is 36.5 Å². The number of hydrogen-bond donors (Lipinski definition) is 2. The van der Waals surface area contributed by atoms with Crippen LogP contribution in [0.3, 0.4) is 0 Å². The van der Waals surface area contributed by atoms with Crippen LogP contribution in [0.25, 0.3) is 0 Å². The van der Waals surface area contributed by atoms with E-state index in [9.17, 15) is 5.11 Å². The molecule has 1 fully saturated rings. The van der Waals surface area contributed by atoms with E-state index in [0.717, 1.165) is 26.1 Å². The van der Waals surface area contributed by atoms with Crippen molar-refractivity contribution in [3.05, 3.63) is 0 Å².